The lowest BCUT2D eigenvalue weighted by Crippen LogP contribution is -2.64. The molecule has 7 rings (SSSR count). The van der Waals surface area contributed by atoms with Crippen LogP contribution in [0.2, 0.25) is 0 Å². The number of alkyl halides is 8. The summed E-state index contributed by atoms with van der Waals surface area (Å²) in [6.07, 6.45) is -8.03. The van der Waals surface area contributed by atoms with E-state index in [9.17, 15) is 64.2 Å². The number of amides is 4. The van der Waals surface area contributed by atoms with E-state index in [1.807, 2.05) is 5.32 Å². The summed E-state index contributed by atoms with van der Waals surface area (Å²) >= 11 is 0. The number of piperazine rings is 1. The molecule has 31 heteroatoms. The molecule has 474 valence electrons. The lowest BCUT2D eigenvalue weighted by atomic mass is 9.81. The predicted octanol–water partition coefficient (Wildman–Crippen LogP) is 6.28. The van der Waals surface area contributed by atoms with Crippen molar-refractivity contribution in [3.8, 4) is 23.1 Å². The molecule has 7 unspecified atom stereocenters. The van der Waals surface area contributed by atoms with Crippen LogP contribution in [0.15, 0.2) is 61.1 Å². The minimum absolute atomic E-state index is 0.185. The summed E-state index contributed by atoms with van der Waals surface area (Å²) in [5.74, 6) is -3.27. The molecule has 2 aromatic carbocycles. The maximum Gasteiger partial charge on any atom is 0.407 e. The van der Waals surface area contributed by atoms with Crippen LogP contribution in [0.3, 0.4) is 0 Å². The number of aromatic nitrogens is 4. The summed E-state index contributed by atoms with van der Waals surface area (Å²) in [6.45, 7) is -0.304. The Balaban J connectivity index is 1.28. The number of anilines is 1. The number of fused-ring (bicyclic) bond motifs is 2. The summed E-state index contributed by atoms with van der Waals surface area (Å²) in [5, 5.41) is 21.2. The summed E-state index contributed by atoms with van der Waals surface area (Å²) in [7, 11) is 4.02. The monoisotopic (exact) mass is 1240 g/mol. The summed E-state index contributed by atoms with van der Waals surface area (Å²) in [5.41, 5.74) is -4.83. The SMILES string of the molecule is COC(=O)NC(C(=O)NC(Cc1ccc(C#Cc2cnc(N3CC4CCC(C3)N4C3COC3)nc2)cc1)C(CN(Cc1c(F)cc(-c2ccn(C(F)F)n2)cc1F)NC(=O)C(NC(=O)OC)C(C)(C)C(F)(F)F)C(C(=O)O)N(C)C)C(C)(C)C(F)(F)F. The standard InChI is InChI=1S/C56H66F10N12O9/c1-53(2,55(61,62)63)44(70-51(83)85-7)46(79)69-42(19-31-12-9-30(10-13-31)11-14-32-22-67-50(68-23-32)75-24-34-15-16-35(25-75)78(34)36-28-87-29-36)38(43(48(81)82)74(5)6)27-76(73-47(80)45(71-52(84)86-8)54(3,4)56(64,65)66)26-37-39(57)20-33(21-40(37)58)41-17-18-77(72-41)49(59)60/h9-10,12-13,17-18,20-23,34-36,38,42-45,49H,15-16,19,24-29H2,1-8H3,(H,69,79)(H,70,83)(H,71,84)(H,73,80)(H,81,82). The van der Waals surface area contributed by atoms with Gasteiger partial charge in [-0.25, -0.2) is 38.0 Å². The third-order valence-corrected chi connectivity index (χ3v) is 15.9. The van der Waals surface area contributed by atoms with Crippen LogP contribution in [0.1, 0.15) is 69.3 Å². The third kappa shape index (κ3) is 15.5. The van der Waals surface area contributed by atoms with Crippen LogP contribution in [0, 0.1) is 40.2 Å². The van der Waals surface area contributed by atoms with Gasteiger partial charge >= 0.3 is 37.1 Å². The van der Waals surface area contributed by atoms with Gasteiger partial charge in [0, 0.05) is 85.5 Å². The molecular weight excluding hydrogens is 1170 g/mol. The number of carbonyl (C=O) groups excluding carboxylic acids is 4. The van der Waals surface area contributed by atoms with Gasteiger partial charge in [-0.05, 0) is 96.9 Å². The lowest BCUT2D eigenvalue weighted by Gasteiger charge is -2.47. The first-order valence-corrected chi connectivity index (χ1v) is 27.2. The van der Waals surface area contributed by atoms with Gasteiger partial charge in [0.25, 0.3) is 5.91 Å². The van der Waals surface area contributed by atoms with Crippen molar-refractivity contribution in [2.45, 2.75) is 115 Å². The van der Waals surface area contributed by atoms with Gasteiger partial charge in [-0.2, -0.15) is 40.2 Å². The molecule has 0 radical (unpaired) electrons. The largest absolute Gasteiger partial charge is 0.480 e. The molecule has 7 atom stereocenters. The normalized spacial score (nSPS) is 18.4. The number of rotatable bonds is 22. The number of likely N-dealkylation sites (N-methyl/N-ethyl adjacent to an activating group) is 1. The molecule has 2 aromatic heterocycles. The molecule has 3 aliphatic heterocycles. The van der Waals surface area contributed by atoms with E-state index < -0.39 is 126 Å². The maximum absolute atomic E-state index is 16.4. The van der Waals surface area contributed by atoms with Crippen LogP contribution in [0.5, 0.6) is 0 Å². The quantitative estimate of drug-likeness (QED) is 0.0331. The highest BCUT2D eigenvalue weighted by Crippen LogP contribution is 2.42. The number of hydrogen-bond donors (Lipinski definition) is 5. The minimum atomic E-state index is -5.29. The first-order chi connectivity index (χ1) is 40.7. The van der Waals surface area contributed by atoms with Gasteiger partial charge in [0.05, 0.1) is 55.6 Å². The zero-order valence-electron chi connectivity index (χ0n) is 48.4. The summed E-state index contributed by atoms with van der Waals surface area (Å²) < 4.78 is 163. The number of nitrogens with one attached hydrogen (secondary N) is 4. The van der Waals surface area contributed by atoms with E-state index in [0.717, 1.165) is 70.5 Å². The number of carbonyl (C=O) groups is 5. The molecule has 0 spiro atoms. The van der Waals surface area contributed by atoms with Crippen molar-refractivity contribution < 1.29 is 87.2 Å². The number of hydrogen-bond acceptors (Lipinski definition) is 15. The zero-order chi connectivity index (χ0) is 64.1. The molecule has 0 aliphatic carbocycles. The molecule has 87 heavy (non-hydrogen) atoms. The van der Waals surface area contributed by atoms with Crippen molar-refractivity contribution >= 4 is 35.9 Å². The average Bonchev–Trinajstić information content (AvgIpc) is 1.84. The lowest BCUT2D eigenvalue weighted by molar-refractivity contribution is -0.221. The van der Waals surface area contributed by atoms with E-state index in [1.165, 1.54) is 38.4 Å². The number of methoxy groups -OCH3 is 2. The number of carboxylic acids is 1. The molecule has 5 heterocycles. The smallest absolute Gasteiger partial charge is 0.407 e. The highest BCUT2D eigenvalue weighted by atomic mass is 19.4. The van der Waals surface area contributed by atoms with E-state index in [4.69, 9.17) is 4.74 Å². The number of carboxylic acid groups (broad SMARTS) is 1. The number of halogens is 10. The molecule has 3 aliphatic rings. The Bertz CT molecular complexity index is 3130. The highest BCUT2D eigenvalue weighted by Gasteiger charge is 2.58. The number of nitrogens with zero attached hydrogens (tertiary/aromatic N) is 8. The molecule has 4 amide bonds. The minimum Gasteiger partial charge on any atom is -0.480 e. The van der Waals surface area contributed by atoms with Crippen LogP contribution in [-0.2, 0) is 41.6 Å². The van der Waals surface area contributed by atoms with E-state index in [2.05, 4.69) is 56.9 Å². The number of aliphatic carboxylic acids is 1. The van der Waals surface area contributed by atoms with Crippen molar-refractivity contribution in [2.24, 2.45) is 16.7 Å². The van der Waals surface area contributed by atoms with Crippen molar-refractivity contribution in [1.82, 2.24) is 55.9 Å². The third-order valence-electron chi connectivity index (χ3n) is 15.9. The second-order valence-corrected chi connectivity index (χ2v) is 22.7. The Morgan fingerprint density at radius 3 is 1.76 bits per heavy atom. The first-order valence-electron chi connectivity index (χ1n) is 27.2. The molecule has 4 aromatic rings. The molecular formula is C56H66F10N12O9. The molecule has 0 saturated carbocycles. The Kier molecular flexibility index (Phi) is 20.7. The average molecular weight is 1240 g/mol. The van der Waals surface area contributed by atoms with Gasteiger partial charge in [0.2, 0.25) is 11.9 Å². The van der Waals surface area contributed by atoms with Gasteiger partial charge in [-0.1, -0.05) is 24.0 Å². The van der Waals surface area contributed by atoms with Crippen molar-refractivity contribution in [2.75, 3.05) is 66.1 Å². The van der Waals surface area contributed by atoms with Crippen LogP contribution >= 0.6 is 0 Å². The summed E-state index contributed by atoms with van der Waals surface area (Å²) in [4.78, 5) is 82.7. The second kappa shape index (κ2) is 27.1. The fraction of sp³-hybridized carbons (Fsp3) is 0.536. The van der Waals surface area contributed by atoms with E-state index in [1.54, 1.807) is 17.7 Å². The predicted molar refractivity (Wildman–Crippen MR) is 290 cm³/mol. The maximum atomic E-state index is 16.4. The van der Waals surface area contributed by atoms with Gasteiger partial charge in [-0.15, -0.1) is 0 Å². The molecule has 5 N–H and O–H groups in total. The van der Waals surface area contributed by atoms with Gasteiger partial charge in [0.15, 0.2) is 0 Å². The van der Waals surface area contributed by atoms with Crippen LogP contribution in [-0.4, -0.2) is 185 Å². The van der Waals surface area contributed by atoms with E-state index in [0.29, 0.717) is 80.0 Å². The van der Waals surface area contributed by atoms with Gasteiger partial charge < -0.3 is 40.2 Å². The van der Waals surface area contributed by atoms with Crippen molar-refractivity contribution in [3.63, 3.8) is 0 Å². The number of hydrazine groups is 1. The molecule has 2 bridgehead atoms. The van der Waals surface area contributed by atoms with Crippen LogP contribution in [0.25, 0.3) is 11.3 Å². The van der Waals surface area contributed by atoms with Crippen LogP contribution in [0.4, 0.5) is 59.4 Å². The number of benzene rings is 2. The second-order valence-electron chi connectivity index (χ2n) is 22.7. The fourth-order valence-electron chi connectivity index (χ4n) is 10.7. The number of alkyl carbamates (subject to hydrolysis) is 2. The van der Waals surface area contributed by atoms with E-state index >= 15 is 8.78 Å². The van der Waals surface area contributed by atoms with Crippen molar-refractivity contribution in [1.29, 1.82) is 0 Å². The Labute approximate surface area is 493 Å². The molecule has 3 saturated heterocycles. The van der Waals surface area contributed by atoms with Gasteiger partial charge in [-0.3, -0.25) is 29.6 Å². The first kappa shape index (κ1) is 66.7. The zero-order valence-corrected chi connectivity index (χ0v) is 48.4. The van der Waals surface area contributed by atoms with Gasteiger partial charge in [0.1, 0.15) is 29.8 Å². The fourth-order valence-corrected chi connectivity index (χ4v) is 10.7. The Hall–Kier alpha value is -7.82. The highest BCUT2D eigenvalue weighted by molar-refractivity contribution is 5.87. The van der Waals surface area contributed by atoms with Crippen LogP contribution < -0.4 is 26.3 Å². The molecule has 3 fully saturated rings. The number of ether oxygens (including phenoxy) is 3. The Morgan fingerprint density at radius 1 is 0.770 bits per heavy atom. The summed E-state index contributed by atoms with van der Waals surface area (Å²) in [6, 6.07) is 0.493. The molecule has 21 nitrogen and oxygen atoms in total. The Morgan fingerprint density at radius 2 is 1.30 bits per heavy atom. The van der Waals surface area contributed by atoms with E-state index in [-0.39, 0.29) is 21.5 Å². The van der Waals surface area contributed by atoms with Crippen molar-refractivity contribution in [3.05, 3.63) is 94.9 Å². The topological polar surface area (TPSA) is 238 Å².